The van der Waals surface area contributed by atoms with E-state index in [-0.39, 0.29) is 12.6 Å². The van der Waals surface area contributed by atoms with Crippen LogP contribution in [0.25, 0.3) is 0 Å². The van der Waals surface area contributed by atoms with Crippen LogP contribution in [-0.2, 0) is 0 Å². The van der Waals surface area contributed by atoms with Crippen LogP contribution in [0.15, 0.2) is 35.3 Å². The number of hydrogen-bond acceptors (Lipinski definition) is 3. The minimum Gasteiger partial charge on any atom is -0.479 e. The van der Waals surface area contributed by atoms with E-state index in [1.807, 2.05) is 30.3 Å². The van der Waals surface area contributed by atoms with E-state index in [9.17, 15) is 0 Å². The molecule has 1 aromatic carbocycles. The molecular weight excluding hydrogens is 280 g/mol. The highest BCUT2D eigenvalue weighted by Crippen LogP contribution is 2.17. The first-order chi connectivity index (χ1) is 8.13. The fourth-order valence-corrected chi connectivity index (χ4v) is 1.51. The van der Waals surface area contributed by atoms with Crippen LogP contribution in [0.3, 0.4) is 0 Å². The lowest BCUT2D eigenvalue weighted by Crippen LogP contribution is -2.19. The van der Waals surface area contributed by atoms with E-state index in [0.29, 0.717) is 5.75 Å². The Hall–Kier alpha value is -1.31. The van der Waals surface area contributed by atoms with Gasteiger partial charge in [0, 0.05) is 17.1 Å². The molecule has 0 spiro atoms. The van der Waals surface area contributed by atoms with Crippen molar-refractivity contribution in [3.05, 3.63) is 40.9 Å². The molecule has 0 saturated carbocycles. The summed E-state index contributed by atoms with van der Waals surface area (Å²) in [6.07, 6.45) is 0. The van der Waals surface area contributed by atoms with Crippen LogP contribution < -0.4 is 10.1 Å². The summed E-state index contributed by atoms with van der Waals surface area (Å²) in [6, 6.07) is 9.89. The SMILES string of the molecule is C=C(Br)CNC(C)c1ccc(OCC#N)cc1. The van der Waals surface area contributed by atoms with E-state index < -0.39 is 0 Å². The Kier molecular flexibility index (Phi) is 5.75. The van der Waals surface area contributed by atoms with Crippen molar-refractivity contribution < 1.29 is 4.74 Å². The molecule has 0 bridgehead atoms. The van der Waals surface area contributed by atoms with Crippen molar-refractivity contribution in [2.24, 2.45) is 0 Å². The van der Waals surface area contributed by atoms with Crippen LogP contribution >= 0.6 is 15.9 Å². The first-order valence-corrected chi connectivity index (χ1v) is 6.09. The first-order valence-electron chi connectivity index (χ1n) is 5.30. The maximum absolute atomic E-state index is 8.39. The Morgan fingerprint density at radius 3 is 2.71 bits per heavy atom. The molecule has 0 aromatic heterocycles. The molecule has 4 heteroatoms. The summed E-state index contributed by atoms with van der Waals surface area (Å²) in [5, 5.41) is 11.7. The number of rotatable bonds is 6. The summed E-state index contributed by atoms with van der Waals surface area (Å²) in [7, 11) is 0. The van der Waals surface area contributed by atoms with Crippen LogP contribution in [0.2, 0.25) is 0 Å². The zero-order valence-corrected chi connectivity index (χ0v) is 11.3. The van der Waals surface area contributed by atoms with Gasteiger partial charge in [0.2, 0.25) is 0 Å². The Labute approximate surface area is 110 Å². The van der Waals surface area contributed by atoms with Crippen molar-refractivity contribution in [2.75, 3.05) is 13.2 Å². The monoisotopic (exact) mass is 294 g/mol. The van der Waals surface area contributed by atoms with Crippen molar-refractivity contribution in [3.63, 3.8) is 0 Å². The van der Waals surface area contributed by atoms with E-state index in [1.54, 1.807) is 0 Å². The molecule has 3 nitrogen and oxygen atoms in total. The third-order valence-electron chi connectivity index (χ3n) is 2.28. The number of hydrogen-bond donors (Lipinski definition) is 1. The predicted octanol–water partition coefficient (Wildman–Crippen LogP) is 3.15. The summed E-state index contributed by atoms with van der Waals surface area (Å²) in [5.74, 6) is 0.715. The normalized spacial score (nSPS) is 11.6. The minimum absolute atomic E-state index is 0.0799. The van der Waals surface area contributed by atoms with Gasteiger partial charge >= 0.3 is 0 Å². The summed E-state index contributed by atoms with van der Waals surface area (Å²) < 4.78 is 6.11. The van der Waals surface area contributed by atoms with Gasteiger partial charge in [-0.25, -0.2) is 0 Å². The number of nitriles is 1. The maximum atomic E-state index is 8.39. The third-order valence-corrected chi connectivity index (χ3v) is 2.56. The van der Waals surface area contributed by atoms with E-state index in [2.05, 4.69) is 34.7 Å². The third kappa shape index (κ3) is 5.03. The average molecular weight is 295 g/mol. The summed E-state index contributed by atoms with van der Waals surface area (Å²) >= 11 is 3.31. The molecule has 17 heavy (non-hydrogen) atoms. The van der Waals surface area contributed by atoms with Crippen molar-refractivity contribution in [1.29, 1.82) is 5.26 Å². The molecule has 0 amide bonds. The quantitative estimate of drug-likeness (QED) is 0.877. The highest BCUT2D eigenvalue weighted by atomic mass is 79.9. The maximum Gasteiger partial charge on any atom is 0.174 e. The fourth-order valence-electron chi connectivity index (χ4n) is 1.35. The van der Waals surface area contributed by atoms with Gasteiger partial charge in [-0.05, 0) is 24.6 Å². The summed E-state index contributed by atoms with van der Waals surface area (Å²) in [4.78, 5) is 0. The van der Waals surface area contributed by atoms with E-state index >= 15 is 0 Å². The molecule has 1 atom stereocenters. The number of benzene rings is 1. The highest BCUT2D eigenvalue weighted by molar-refractivity contribution is 9.11. The largest absolute Gasteiger partial charge is 0.479 e. The molecule has 0 aliphatic rings. The molecule has 90 valence electrons. The highest BCUT2D eigenvalue weighted by Gasteiger charge is 2.04. The van der Waals surface area contributed by atoms with Crippen LogP contribution in [0.4, 0.5) is 0 Å². The molecule has 0 saturated heterocycles. The lowest BCUT2D eigenvalue weighted by atomic mass is 10.1. The molecule has 1 aromatic rings. The Morgan fingerprint density at radius 2 is 2.18 bits per heavy atom. The van der Waals surface area contributed by atoms with Gasteiger partial charge in [-0.2, -0.15) is 5.26 Å². The first kappa shape index (κ1) is 13.8. The van der Waals surface area contributed by atoms with Gasteiger partial charge in [-0.1, -0.05) is 34.6 Å². The zero-order valence-electron chi connectivity index (χ0n) is 9.74. The lowest BCUT2D eigenvalue weighted by Gasteiger charge is -2.14. The Morgan fingerprint density at radius 1 is 1.53 bits per heavy atom. The second-order valence-corrected chi connectivity index (χ2v) is 4.76. The minimum atomic E-state index is 0.0799. The van der Waals surface area contributed by atoms with Gasteiger partial charge in [0.05, 0.1) is 0 Å². The molecule has 1 N–H and O–H groups in total. The van der Waals surface area contributed by atoms with Crippen LogP contribution in [0.1, 0.15) is 18.5 Å². The molecule has 0 heterocycles. The van der Waals surface area contributed by atoms with Crippen LogP contribution in [0, 0.1) is 11.3 Å². The molecule has 0 aliphatic carbocycles. The second kappa shape index (κ2) is 7.10. The smallest absolute Gasteiger partial charge is 0.174 e. The van der Waals surface area contributed by atoms with E-state index in [4.69, 9.17) is 10.00 Å². The van der Waals surface area contributed by atoms with Crippen molar-refractivity contribution >= 4 is 15.9 Å². The van der Waals surface area contributed by atoms with Gasteiger partial charge in [-0.15, -0.1) is 0 Å². The number of nitrogens with one attached hydrogen (secondary N) is 1. The van der Waals surface area contributed by atoms with E-state index in [1.165, 1.54) is 5.56 Å². The second-order valence-electron chi connectivity index (χ2n) is 3.64. The van der Waals surface area contributed by atoms with Crippen molar-refractivity contribution in [1.82, 2.24) is 5.32 Å². The van der Waals surface area contributed by atoms with Gasteiger partial charge in [-0.3, -0.25) is 0 Å². The molecule has 1 rings (SSSR count). The molecule has 1 unspecified atom stereocenters. The van der Waals surface area contributed by atoms with Crippen LogP contribution in [-0.4, -0.2) is 13.2 Å². The molecule has 0 fully saturated rings. The van der Waals surface area contributed by atoms with Gasteiger partial charge in [0.1, 0.15) is 11.8 Å². The molecule has 0 radical (unpaired) electrons. The van der Waals surface area contributed by atoms with Gasteiger partial charge in [0.15, 0.2) is 6.61 Å². The number of nitrogens with zero attached hydrogens (tertiary/aromatic N) is 1. The average Bonchev–Trinajstić information content (AvgIpc) is 2.34. The Bertz CT molecular complexity index is 408. The van der Waals surface area contributed by atoms with Crippen LogP contribution in [0.5, 0.6) is 5.75 Å². The topological polar surface area (TPSA) is 45.0 Å². The standard InChI is InChI=1S/C13H15BrN2O/c1-10(14)9-16-11(2)12-3-5-13(6-4-12)17-8-7-15/h3-6,11,16H,1,8-9H2,2H3. The fraction of sp³-hybridized carbons (Fsp3) is 0.308. The molecular formula is C13H15BrN2O. The van der Waals surface area contributed by atoms with Crippen molar-refractivity contribution in [2.45, 2.75) is 13.0 Å². The number of ether oxygens (including phenoxy) is 1. The predicted molar refractivity (Wildman–Crippen MR) is 72.0 cm³/mol. The van der Waals surface area contributed by atoms with Gasteiger partial charge < -0.3 is 10.1 Å². The van der Waals surface area contributed by atoms with Crippen molar-refractivity contribution in [3.8, 4) is 11.8 Å². The summed E-state index contributed by atoms with van der Waals surface area (Å²) in [6.45, 7) is 6.67. The number of halogens is 1. The molecule has 0 aliphatic heterocycles. The van der Waals surface area contributed by atoms with E-state index in [0.717, 1.165) is 11.0 Å². The Balaban J connectivity index is 2.54. The lowest BCUT2D eigenvalue weighted by molar-refractivity contribution is 0.368. The van der Waals surface area contributed by atoms with Gasteiger partial charge in [0.25, 0.3) is 0 Å². The zero-order chi connectivity index (χ0) is 12.7. The summed E-state index contributed by atoms with van der Waals surface area (Å²) in [5.41, 5.74) is 1.17.